The Labute approximate surface area is 139 Å². The van der Waals surface area contributed by atoms with Gasteiger partial charge in [0, 0.05) is 18.7 Å². The maximum Gasteiger partial charge on any atom is 0.303 e. The lowest BCUT2D eigenvalue weighted by molar-refractivity contribution is -0.220. The van der Waals surface area contributed by atoms with E-state index in [0.717, 1.165) is 4.90 Å². The number of thioether (sulfide) groups is 1. The first-order chi connectivity index (χ1) is 10.9. The highest BCUT2D eigenvalue weighted by Crippen LogP contribution is 2.35. The maximum absolute atomic E-state index is 11.4. The molecule has 1 N–H and O–H groups in total. The highest BCUT2D eigenvalue weighted by molar-refractivity contribution is 7.99. The molecule has 0 bridgehead atoms. The Balaban J connectivity index is 2.25. The van der Waals surface area contributed by atoms with Gasteiger partial charge in [0.25, 0.3) is 0 Å². The Hall–Kier alpha value is -1.57. The van der Waals surface area contributed by atoms with Crippen LogP contribution < -0.4 is 0 Å². The second-order valence-electron chi connectivity index (χ2n) is 5.28. The molecule has 0 aliphatic carbocycles. The van der Waals surface area contributed by atoms with Gasteiger partial charge >= 0.3 is 11.9 Å². The molecule has 1 aromatic rings. The van der Waals surface area contributed by atoms with E-state index in [1.165, 1.54) is 25.6 Å². The minimum absolute atomic E-state index is 0.531. The van der Waals surface area contributed by atoms with Gasteiger partial charge in [0.05, 0.1) is 6.10 Å². The smallest absolute Gasteiger partial charge is 0.303 e. The maximum atomic E-state index is 11.4. The van der Waals surface area contributed by atoms with Crippen LogP contribution in [0.5, 0.6) is 0 Å². The SMILES string of the molecule is CC(=O)OC1[C@@H](O)C(C)O[C@H](Sc2ccccc2)[C@H]1OC(C)=O. The summed E-state index contributed by atoms with van der Waals surface area (Å²) in [5.74, 6) is -1.08. The molecule has 1 aliphatic rings. The number of hydrogen-bond acceptors (Lipinski definition) is 7. The van der Waals surface area contributed by atoms with Crippen LogP contribution in [-0.4, -0.2) is 46.9 Å². The first-order valence-corrected chi connectivity index (χ1v) is 8.16. The van der Waals surface area contributed by atoms with Crippen LogP contribution >= 0.6 is 11.8 Å². The predicted molar refractivity (Wildman–Crippen MR) is 83.7 cm³/mol. The van der Waals surface area contributed by atoms with Gasteiger partial charge in [-0.05, 0) is 19.1 Å². The predicted octanol–water partition coefficient (Wildman–Crippen LogP) is 1.75. The summed E-state index contributed by atoms with van der Waals surface area (Å²) < 4.78 is 16.3. The van der Waals surface area contributed by atoms with Gasteiger partial charge < -0.3 is 19.3 Å². The van der Waals surface area contributed by atoms with Crippen LogP contribution in [0.3, 0.4) is 0 Å². The van der Waals surface area contributed by atoms with Gasteiger partial charge in [-0.1, -0.05) is 30.0 Å². The topological polar surface area (TPSA) is 82.1 Å². The van der Waals surface area contributed by atoms with Crippen LogP contribution in [0.4, 0.5) is 0 Å². The van der Waals surface area contributed by atoms with Crippen molar-refractivity contribution in [2.75, 3.05) is 0 Å². The van der Waals surface area contributed by atoms with Crippen molar-refractivity contribution in [3.63, 3.8) is 0 Å². The van der Waals surface area contributed by atoms with E-state index >= 15 is 0 Å². The number of rotatable bonds is 4. The molecule has 1 aliphatic heterocycles. The van der Waals surface area contributed by atoms with E-state index < -0.39 is 41.8 Å². The molecule has 1 fully saturated rings. The van der Waals surface area contributed by atoms with Gasteiger partial charge in [-0.25, -0.2) is 0 Å². The molecule has 23 heavy (non-hydrogen) atoms. The second-order valence-corrected chi connectivity index (χ2v) is 6.45. The van der Waals surface area contributed by atoms with E-state index in [-0.39, 0.29) is 0 Å². The van der Waals surface area contributed by atoms with E-state index in [2.05, 4.69) is 0 Å². The fourth-order valence-corrected chi connectivity index (χ4v) is 3.51. The van der Waals surface area contributed by atoms with Crippen molar-refractivity contribution in [1.82, 2.24) is 0 Å². The molecular formula is C16H20O6S. The van der Waals surface area contributed by atoms with E-state index in [1.54, 1.807) is 6.92 Å². The Kier molecular flexibility index (Phi) is 6.04. The van der Waals surface area contributed by atoms with Gasteiger partial charge in [0.1, 0.15) is 11.5 Å². The molecule has 0 saturated carbocycles. The normalized spacial score (nSPS) is 30.5. The molecule has 0 spiro atoms. The van der Waals surface area contributed by atoms with Crippen molar-refractivity contribution in [2.45, 2.75) is 55.5 Å². The molecule has 6 nitrogen and oxygen atoms in total. The van der Waals surface area contributed by atoms with Crippen LogP contribution in [0.1, 0.15) is 20.8 Å². The Bertz CT molecular complexity index is 549. The fraction of sp³-hybridized carbons (Fsp3) is 0.500. The number of ether oxygens (including phenoxy) is 3. The average molecular weight is 340 g/mol. The molecule has 0 radical (unpaired) electrons. The molecule has 2 rings (SSSR count). The molecule has 5 atom stereocenters. The molecular weight excluding hydrogens is 320 g/mol. The summed E-state index contributed by atoms with van der Waals surface area (Å²) in [6, 6.07) is 9.45. The first kappa shape index (κ1) is 17.8. The third-order valence-corrected chi connectivity index (χ3v) is 4.51. The highest BCUT2D eigenvalue weighted by Gasteiger charge is 2.48. The van der Waals surface area contributed by atoms with Crippen molar-refractivity contribution < 1.29 is 28.9 Å². The quantitative estimate of drug-likeness (QED) is 0.836. The largest absolute Gasteiger partial charge is 0.456 e. The summed E-state index contributed by atoms with van der Waals surface area (Å²) in [7, 11) is 0. The molecule has 1 saturated heterocycles. The van der Waals surface area contributed by atoms with E-state index in [1.807, 2.05) is 30.3 Å². The summed E-state index contributed by atoms with van der Waals surface area (Å²) in [5, 5.41) is 10.3. The Morgan fingerprint density at radius 3 is 2.22 bits per heavy atom. The zero-order valence-corrected chi connectivity index (χ0v) is 14.0. The van der Waals surface area contributed by atoms with Crippen molar-refractivity contribution in [3.8, 4) is 0 Å². The van der Waals surface area contributed by atoms with Crippen LogP contribution in [0.25, 0.3) is 0 Å². The van der Waals surface area contributed by atoms with Crippen molar-refractivity contribution >= 4 is 23.7 Å². The third kappa shape index (κ3) is 4.70. The monoisotopic (exact) mass is 340 g/mol. The molecule has 7 heteroatoms. The lowest BCUT2D eigenvalue weighted by Gasteiger charge is -2.42. The number of hydrogen-bond donors (Lipinski definition) is 1. The highest BCUT2D eigenvalue weighted by atomic mass is 32.2. The number of carbonyl (C=O) groups excluding carboxylic acids is 2. The van der Waals surface area contributed by atoms with Gasteiger partial charge in [-0.2, -0.15) is 0 Å². The summed E-state index contributed by atoms with van der Waals surface area (Å²) in [4.78, 5) is 23.7. The van der Waals surface area contributed by atoms with Crippen LogP contribution in [-0.2, 0) is 23.8 Å². The van der Waals surface area contributed by atoms with Crippen molar-refractivity contribution in [3.05, 3.63) is 30.3 Å². The zero-order valence-electron chi connectivity index (χ0n) is 13.2. The van der Waals surface area contributed by atoms with Gasteiger partial charge in [0.2, 0.25) is 0 Å². The van der Waals surface area contributed by atoms with Crippen LogP contribution in [0, 0.1) is 0 Å². The number of carbonyl (C=O) groups is 2. The number of aliphatic hydroxyl groups is 1. The van der Waals surface area contributed by atoms with E-state index in [9.17, 15) is 14.7 Å². The second kappa shape index (κ2) is 7.81. The standard InChI is InChI=1S/C16H20O6S/c1-9-13(19)14(21-10(2)17)15(22-11(3)18)16(20-9)23-12-7-5-4-6-8-12/h4-9,13-16,19H,1-3H3/t9?,13-,14?,15-,16+/m0/s1. The van der Waals surface area contributed by atoms with Crippen LogP contribution in [0.2, 0.25) is 0 Å². The molecule has 126 valence electrons. The number of esters is 2. The first-order valence-electron chi connectivity index (χ1n) is 7.28. The summed E-state index contributed by atoms with van der Waals surface area (Å²) >= 11 is 1.35. The van der Waals surface area contributed by atoms with E-state index in [4.69, 9.17) is 14.2 Å². The minimum atomic E-state index is -1.07. The van der Waals surface area contributed by atoms with Gasteiger partial charge in [-0.3, -0.25) is 9.59 Å². The van der Waals surface area contributed by atoms with Crippen LogP contribution in [0.15, 0.2) is 35.2 Å². The minimum Gasteiger partial charge on any atom is -0.456 e. The lowest BCUT2D eigenvalue weighted by atomic mass is 10.0. The average Bonchev–Trinajstić information content (AvgIpc) is 2.48. The summed E-state index contributed by atoms with van der Waals surface area (Å²) in [6.07, 6.45) is -3.50. The lowest BCUT2D eigenvalue weighted by Crippen LogP contribution is -2.58. The molecule has 1 heterocycles. The van der Waals surface area contributed by atoms with E-state index in [0.29, 0.717) is 0 Å². The van der Waals surface area contributed by atoms with Crippen molar-refractivity contribution in [1.29, 1.82) is 0 Å². The summed E-state index contributed by atoms with van der Waals surface area (Å²) in [5.41, 5.74) is -0.593. The van der Waals surface area contributed by atoms with Gasteiger partial charge in [0.15, 0.2) is 12.2 Å². The number of benzene rings is 1. The molecule has 0 amide bonds. The Morgan fingerprint density at radius 1 is 1.09 bits per heavy atom. The van der Waals surface area contributed by atoms with Crippen molar-refractivity contribution in [2.24, 2.45) is 0 Å². The number of aliphatic hydroxyl groups excluding tert-OH is 1. The molecule has 2 unspecified atom stereocenters. The Morgan fingerprint density at radius 2 is 1.65 bits per heavy atom. The fourth-order valence-electron chi connectivity index (χ4n) is 2.36. The third-order valence-electron chi connectivity index (χ3n) is 3.36. The molecule has 0 aromatic heterocycles. The summed E-state index contributed by atoms with van der Waals surface area (Å²) in [6.45, 7) is 4.19. The molecule has 1 aromatic carbocycles. The van der Waals surface area contributed by atoms with Gasteiger partial charge in [-0.15, -0.1) is 0 Å². The zero-order chi connectivity index (χ0) is 17.0.